The number of nitrogens with zero attached hydrogens (tertiary/aromatic N) is 3. The average molecular weight is 537 g/mol. The number of likely N-dealkylation sites (tertiary alicyclic amines) is 1. The van der Waals surface area contributed by atoms with Crippen molar-refractivity contribution in [1.82, 2.24) is 19.4 Å². The second-order valence-corrected chi connectivity index (χ2v) is 10.00. The SMILES string of the molecule is O=C(NCCN1CCC(n2c(=O)n(C(=O)c3ccc(Cl)cc3)c3ccccc32)CC1)c1ccc(Cl)cc1. The second kappa shape index (κ2) is 10.9. The van der Waals surface area contributed by atoms with Crippen LogP contribution in [0.15, 0.2) is 77.6 Å². The molecule has 0 unspecified atom stereocenters. The Bertz CT molecular complexity index is 1480. The summed E-state index contributed by atoms with van der Waals surface area (Å²) in [5.41, 5.74) is 2.01. The number of imidazole rings is 1. The van der Waals surface area contributed by atoms with Crippen LogP contribution in [-0.4, -0.2) is 52.0 Å². The standard InChI is InChI=1S/C28H26Cl2N4O3/c29-21-9-5-19(6-10-21)26(35)31-15-18-32-16-13-23(14-17-32)33-24-3-1-2-4-25(24)34(28(33)37)27(36)20-7-11-22(30)12-8-20/h1-12,23H,13-18H2,(H,31,35). The molecule has 5 rings (SSSR count). The molecule has 1 fully saturated rings. The van der Waals surface area contributed by atoms with Crippen LogP contribution >= 0.6 is 23.2 Å². The zero-order valence-corrected chi connectivity index (χ0v) is 21.6. The molecule has 7 nitrogen and oxygen atoms in total. The van der Waals surface area contributed by atoms with E-state index >= 15 is 0 Å². The lowest BCUT2D eigenvalue weighted by Gasteiger charge is -2.32. The minimum atomic E-state index is -0.370. The Morgan fingerprint density at radius 1 is 0.811 bits per heavy atom. The number of halogens is 2. The number of hydrogen-bond acceptors (Lipinski definition) is 4. The van der Waals surface area contributed by atoms with E-state index < -0.39 is 0 Å². The molecule has 1 amide bonds. The minimum absolute atomic E-state index is 0.0171. The molecule has 0 saturated carbocycles. The summed E-state index contributed by atoms with van der Waals surface area (Å²) < 4.78 is 3.03. The van der Waals surface area contributed by atoms with Gasteiger partial charge in [0, 0.05) is 53.4 Å². The number of aromatic nitrogens is 2. The summed E-state index contributed by atoms with van der Waals surface area (Å²) in [7, 11) is 0. The molecule has 0 aliphatic carbocycles. The first-order valence-electron chi connectivity index (χ1n) is 12.2. The number of fused-ring (bicyclic) bond motifs is 1. The van der Waals surface area contributed by atoms with Crippen molar-refractivity contribution in [2.75, 3.05) is 26.2 Å². The van der Waals surface area contributed by atoms with E-state index in [1.54, 1.807) is 59.2 Å². The van der Waals surface area contributed by atoms with Gasteiger partial charge in [-0.05, 0) is 73.5 Å². The number of piperidine rings is 1. The Morgan fingerprint density at radius 2 is 1.38 bits per heavy atom. The molecule has 2 heterocycles. The van der Waals surface area contributed by atoms with Crippen molar-refractivity contribution in [1.29, 1.82) is 0 Å². The van der Waals surface area contributed by atoms with E-state index in [9.17, 15) is 14.4 Å². The monoisotopic (exact) mass is 536 g/mol. The molecule has 4 aromatic rings. The highest BCUT2D eigenvalue weighted by Crippen LogP contribution is 2.26. The van der Waals surface area contributed by atoms with E-state index in [1.807, 2.05) is 18.2 Å². The second-order valence-electron chi connectivity index (χ2n) is 9.12. The van der Waals surface area contributed by atoms with E-state index in [2.05, 4.69) is 10.2 Å². The molecule has 0 atom stereocenters. The van der Waals surface area contributed by atoms with Crippen LogP contribution in [0.5, 0.6) is 0 Å². The van der Waals surface area contributed by atoms with E-state index in [4.69, 9.17) is 23.2 Å². The summed E-state index contributed by atoms with van der Waals surface area (Å²) in [6, 6.07) is 20.8. The van der Waals surface area contributed by atoms with Gasteiger partial charge in [-0.1, -0.05) is 35.3 Å². The van der Waals surface area contributed by atoms with Gasteiger partial charge in [0.15, 0.2) is 0 Å². The van der Waals surface area contributed by atoms with Gasteiger partial charge < -0.3 is 10.2 Å². The fourth-order valence-corrected chi connectivity index (χ4v) is 5.13. The van der Waals surface area contributed by atoms with Crippen LogP contribution in [0.3, 0.4) is 0 Å². The number of nitrogens with one attached hydrogen (secondary N) is 1. The fraction of sp³-hybridized carbons (Fsp3) is 0.250. The first-order chi connectivity index (χ1) is 17.9. The summed E-state index contributed by atoms with van der Waals surface area (Å²) in [6.45, 7) is 2.83. The largest absolute Gasteiger partial charge is 0.351 e. The van der Waals surface area contributed by atoms with Gasteiger partial charge in [0.05, 0.1) is 11.0 Å². The lowest BCUT2D eigenvalue weighted by Crippen LogP contribution is -2.41. The number of rotatable bonds is 6. The van der Waals surface area contributed by atoms with Crippen molar-refractivity contribution < 1.29 is 9.59 Å². The predicted molar refractivity (Wildman–Crippen MR) is 146 cm³/mol. The van der Waals surface area contributed by atoms with Gasteiger partial charge in [-0.2, -0.15) is 0 Å². The summed E-state index contributed by atoms with van der Waals surface area (Å²) in [4.78, 5) is 41.5. The van der Waals surface area contributed by atoms with Crippen LogP contribution in [0, 0.1) is 0 Å². The highest BCUT2D eigenvalue weighted by Gasteiger charge is 2.27. The Morgan fingerprint density at radius 3 is 2.00 bits per heavy atom. The Balaban J connectivity index is 1.26. The maximum Gasteiger partial charge on any atom is 0.336 e. The lowest BCUT2D eigenvalue weighted by molar-refractivity contribution is 0.0938. The molecule has 1 aromatic heterocycles. The first-order valence-corrected chi connectivity index (χ1v) is 13.0. The summed E-state index contributed by atoms with van der Waals surface area (Å²) >= 11 is 11.9. The predicted octanol–water partition coefficient (Wildman–Crippen LogP) is 4.87. The van der Waals surface area contributed by atoms with Crippen LogP contribution in [0.1, 0.15) is 39.6 Å². The van der Waals surface area contributed by atoms with Crippen LogP contribution in [0.25, 0.3) is 11.0 Å². The summed E-state index contributed by atoms with van der Waals surface area (Å²) in [5, 5.41) is 4.07. The molecular formula is C28H26Cl2N4O3. The van der Waals surface area contributed by atoms with E-state index in [0.717, 1.165) is 38.0 Å². The van der Waals surface area contributed by atoms with E-state index in [-0.39, 0.29) is 23.5 Å². The van der Waals surface area contributed by atoms with Crippen LogP contribution in [0.2, 0.25) is 10.0 Å². The quantitative estimate of drug-likeness (QED) is 0.381. The van der Waals surface area contributed by atoms with Crippen molar-refractivity contribution in [3.63, 3.8) is 0 Å². The molecule has 0 radical (unpaired) electrons. The normalized spacial score (nSPS) is 14.6. The minimum Gasteiger partial charge on any atom is -0.351 e. The first kappa shape index (κ1) is 25.3. The number of hydrogen-bond donors (Lipinski definition) is 1. The molecule has 3 aromatic carbocycles. The van der Waals surface area contributed by atoms with Gasteiger partial charge in [0.25, 0.3) is 11.8 Å². The van der Waals surface area contributed by atoms with E-state index in [1.165, 1.54) is 4.57 Å². The fourth-order valence-electron chi connectivity index (χ4n) is 4.87. The van der Waals surface area contributed by atoms with Crippen LogP contribution in [0.4, 0.5) is 0 Å². The smallest absolute Gasteiger partial charge is 0.336 e. The van der Waals surface area contributed by atoms with Crippen molar-refractivity contribution in [3.05, 3.63) is 104 Å². The third kappa shape index (κ3) is 5.34. The topological polar surface area (TPSA) is 76.3 Å². The number of benzene rings is 3. The molecule has 1 N–H and O–H groups in total. The molecular weight excluding hydrogens is 511 g/mol. The third-order valence-corrected chi connectivity index (χ3v) is 7.32. The van der Waals surface area contributed by atoms with Crippen molar-refractivity contribution in [2.45, 2.75) is 18.9 Å². The number of carbonyl (C=O) groups excluding carboxylic acids is 2. The van der Waals surface area contributed by atoms with Gasteiger partial charge in [0.2, 0.25) is 0 Å². The molecule has 1 saturated heterocycles. The van der Waals surface area contributed by atoms with Gasteiger partial charge >= 0.3 is 5.69 Å². The van der Waals surface area contributed by atoms with Gasteiger partial charge in [-0.25, -0.2) is 9.36 Å². The van der Waals surface area contributed by atoms with Crippen molar-refractivity contribution >= 4 is 46.0 Å². The summed E-state index contributed by atoms with van der Waals surface area (Å²) in [6.07, 6.45) is 1.54. The zero-order valence-electron chi connectivity index (χ0n) is 20.1. The lowest BCUT2D eigenvalue weighted by atomic mass is 10.0. The Hall–Kier alpha value is -3.39. The Kier molecular flexibility index (Phi) is 7.46. The molecule has 1 aliphatic heterocycles. The summed E-state index contributed by atoms with van der Waals surface area (Å²) in [5.74, 6) is -0.498. The van der Waals surface area contributed by atoms with Crippen molar-refractivity contribution in [3.8, 4) is 0 Å². The van der Waals surface area contributed by atoms with Gasteiger partial charge in [0.1, 0.15) is 0 Å². The van der Waals surface area contributed by atoms with E-state index in [0.29, 0.717) is 33.2 Å². The highest BCUT2D eigenvalue weighted by molar-refractivity contribution is 6.31. The van der Waals surface area contributed by atoms with Crippen LogP contribution < -0.4 is 11.0 Å². The van der Waals surface area contributed by atoms with Gasteiger partial charge in [-0.15, -0.1) is 0 Å². The Labute approximate surface area is 224 Å². The average Bonchev–Trinajstić information content (AvgIpc) is 3.21. The molecule has 0 spiro atoms. The molecule has 1 aliphatic rings. The van der Waals surface area contributed by atoms with Crippen molar-refractivity contribution in [2.24, 2.45) is 0 Å². The highest BCUT2D eigenvalue weighted by atomic mass is 35.5. The molecule has 9 heteroatoms. The van der Waals surface area contributed by atoms with Crippen LogP contribution in [-0.2, 0) is 0 Å². The number of para-hydroxylation sites is 2. The molecule has 190 valence electrons. The van der Waals surface area contributed by atoms with Gasteiger partial charge in [-0.3, -0.25) is 14.2 Å². The number of amides is 1. The molecule has 37 heavy (non-hydrogen) atoms. The zero-order chi connectivity index (χ0) is 25.9. The molecule has 0 bridgehead atoms. The maximum atomic E-state index is 13.6. The third-order valence-electron chi connectivity index (χ3n) is 6.82. The number of carbonyl (C=O) groups is 2. The maximum absolute atomic E-state index is 13.6.